The van der Waals surface area contributed by atoms with Gasteiger partial charge in [-0.2, -0.15) is 0 Å². The summed E-state index contributed by atoms with van der Waals surface area (Å²) in [4.78, 5) is 0. The maximum Gasteiger partial charge on any atom is 0.119 e. The summed E-state index contributed by atoms with van der Waals surface area (Å²) in [6.45, 7) is 4.72. The third-order valence-electron chi connectivity index (χ3n) is 2.25. The van der Waals surface area contributed by atoms with Crippen LogP contribution < -0.4 is 10.1 Å². The Morgan fingerprint density at radius 2 is 1.88 bits per heavy atom. The molecule has 0 saturated heterocycles. The molecule has 0 amide bonds. The second-order valence-corrected chi connectivity index (χ2v) is 4.15. The van der Waals surface area contributed by atoms with Crippen molar-refractivity contribution in [3.63, 3.8) is 0 Å². The topological polar surface area (TPSA) is 50.7 Å². The minimum absolute atomic E-state index is 0.144. The second kappa shape index (κ2) is 7.14. The molecule has 0 bridgehead atoms. The summed E-state index contributed by atoms with van der Waals surface area (Å²) >= 11 is 0. The first kappa shape index (κ1) is 13.8. The maximum absolute atomic E-state index is 9.65. The predicted molar refractivity (Wildman–Crippen MR) is 68.6 cm³/mol. The highest BCUT2D eigenvalue weighted by Crippen LogP contribution is 2.14. The van der Waals surface area contributed by atoms with Crippen molar-refractivity contribution in [2.24, 2.45) is 0 Å². The van der Waals surface area contributed by atoms with Crippen molar-refractivity contribution in [3.05, 3.63) is 24.3 Å². The molecule has 96 valence electrons. The van der Waals surface area contributed by atoms with E-state index in [0.717, 1.165) is 11.4 Å². The molecule has 2 N–H and O–H groups in total. The SMILES string of the molecule is COc1ccc(NCC(O)COC(C)C)cc1. The number of aliphatic hydroxyl groups excluding tert-OH is 1. The summed E-state index contributed by atoms with van der Waals surface area (Å²) < 4.78 is 10.4. The fraction of sp³-hybridized carbons (Fsp3) is 0.538. The predicted octanol–water partition coefficient (Wildman–Crippen LogP) is 1.89. The molecule has 0 heterocycles. The van der Waals surface area contributed by atoms with E-state index < -0.39 is 6.10 Å². The van der Waals surface area contributed by atoms with Crippen molar-refractivity contribution >= 4 is 5.69 Å². The standard InChI is InChI=1S/C13H21NO3/c1-10(2)17-9-12(15)8-14-11-4-6-13(16-3)7-5-11/h4-7,10,12,14-15H,8-9H2,1-3H3. The van der Waals surface area contributed by atoms with Gasteiger partial charge in [0.25, 0.3) is 0 Å². The fourth-order valence-electron chi connectivity index (χ4n) is 1.31. The first-order valence-electron chi connectivity index (χ1n) is 5.79. The number of hydrogen-bond donors (Lipinski definition) is 2. The van der Waals surface area contributed by atoms with E-state index in [0.29, 0.717) is 13.2 Å². The van der Waals surface area contributed by atoms with Gasteiger partial charge in [0.05, 0.1) is 25.9 Å². The van der Waals surface area contributed by atoms with Gasteiger partial charge in [0, 0.05) is 12.2 Å². The van der Waals surface area contributed by atoms with Crippen LogP contribution >= 0.6 is 0 Å². The number of rotatable bonds is 7. The highest BCUT2D eigenvalue weighted by atomic mass is 16.5. The fourth-order valence-corrected chi connectivity index (χ4v) is 1.31. The lowest BCUT2D eigenvalue weighted by Gasteiger charge is -2.15. The Balaban J connectivity index is 2.29. The van der Waals surface area contributed by atoms with Gasteiger partial charge in [0.1, 0.15) is 5.75 Å². The Bertz CT molecular complexity index is 311. The molecule has 0 radical (unpaired) electrons. The Labute approximate surface area is 103 Å². The van der Waals surface area contributed by atoms with Crippen molar-refractivity contribution in [2.75, 3.05) is 25.6 Å². The monoisotopic (exact) mass is 239 g/mol. The van der Waals surface area contributed by atoms with Gasteiger partial charge in [-0.3, -0.25) is 0 Å². The van der Waals surface area contributed by atoms with Crippen molar-refractivity contribution in [1.29, 1.82) is 0 Å². The first-order valence-corrected chi connectivity index (χ1v) is 5.79. The van der Waals surface area contributed by atoms with Gasteiger partial charge < -0.3 is 19.9 Å². The van der Waals surface area contributed by atoms with Crippen molar-refractivity contribution < 1.29 is 14.6 Å². The van der Waals surface area contributed by atoms with E-state index in [1.807, 2.05) is 38.1 Å². The molecule has 1 unspecified atom stereocenters. The zero-order chi connectivity index (χ0) is 12.7. The third kappa shape index (κ3) is 5.56. The number of methoxy groups -OCH3 is 1. The molecule has 0 saturated carbocycles. The lowest BCUT2D eigenvalue weighted by molar-refractivity contribution is 0.0112. The second-order valence-electron chi connectivity index (χ2n) is 4.15. The Kier molecular flexibility index (Phi) is 5.80. The molecule has 1 rings (SSSR count). The molecule has 1 aromatic carbocycles. The highest BCUT2D eigenvalue weighted by Gasteiger charge is 2.05. The summed E-state index contributed by atoms with van der Waals surface area (Å²) in [5.41, 5.74) is 0.953. The van der Waals surface area contributed by atoms with Gasteiger partial charge in [-0.25, -0.2) is 0 Å². The number of benzene rings is 1. The molecule has 1 aromatic rings. The maximum atomic E-state index is 9.65. The smallest absolute Gasteiger partial charge is 0.119 e. The zero-order valence-electron chi connectivity index (χ0n) is 10.6. The quantitative estimate of drug-likeness (QED) is 0.763. The lowest BCUT2D eigenvalue weighted by atomic mass is 10.3. The largest absolute Gasteiger partial charge is 0.497 e. The minimum Gasteiger partial charge on any atom is -0.497 e. The first-order chi connectivity index (χ1) is 8.11. The summed E-state index contributed by atoms with van der Waals surface area (Å²) in [5, 5.41) is 12.8. The molecule has 4 heteroatoms. The van der Waals surface area contributed by atoms with Crippen LogP contribution in [-0.2, 0) is 4.74 Å². The summed E-state index contributed by atoms with van der Waals surface area (Å²) in [6.07, 6.45) is -0.356. The normalized spacial score (nSPS) is 12.5. The van der Waals surface area contributed by atoms with Crippen LogP contribution in [0.4, 0.5) is 5.69 Å². The van der Waals surface area contributed by atoms with Crippen LogP contribution in [0.5, 0.6) is 5.75 Å². The molecular formula is C13H21NO3. The molecule has 0 aromatic heterocycles. The van der Waals surface area contributed by atoms with Crippen molar-refractivity contribution in [3.8, 4) is 5.75 Å². The van der Waals surface area contributed by atoms with E-state index in [9.17, 15) is 5.11 Å². The van der Waals surface area contributed by atoms with Gasteiger partial charge >= 0.3 is 0 Å². The van der Waals surface area contributed by atoms with Crippen LogP contribution in [0.15, 0.2) is 24.3 Å². The number of ether oxygens (including phenoxy) is 2. The van der Waals surface area contributed by atoms with Gasteiger partial charge in [0.15, 0.2) is 0 Å². The molecule has 0 aliphatic heterocycles. The van der Waals surface area contributed by atoms with Crippen LogP contribution in [0.2, 0.25) is 0 Å². The van der Waals surface area contributed by atoms with Crippen molar-refractivity contribution in [1.82, 2.24) is 0 Å². The van der Waals surface area contributed by atoms with Gasteiger partial charge in [0.2, 0.25) is 0 Å². The van der Waals surface area contributed by atoms with Gasteiger partial charge in [-0.15, -0.1) is 0 Å². The summed E-state index contributed by atoms with van der Waals surface area (Å²) in [5.74, 6) is 0.819. The lowest BCUT2D eigenvalue weighted by Crippen LogP contribution is -2.26. The Morgan fingerprint density at radius 1 is 1.24 bits per heavy atom. The Hall–Kier alpha value is -1.26. The number of aliphatic hydroxyl groups is 1. The van der Waals surface area contributed by atoms with E-state index >= 15 is 0 Å². The van der Waals surface area contributed by atoms with Crippen LogP contribution in [0.1, 0.15) is 13.8 Å². The molecule has 1 atom stereocenters. The van der Waals surface area contributed by atoms with Crippen LogP contribution in [0.3, 0.4) is 0 Å². The van der Waals surface area contributed by atoms with Gasteiger partial charge in [-0.1, -0.05) is 0 Å². The average molecular weight is 239 g/mol. The van der Waals surface area contributed by atoms with E-state index in [1.54, 1.807) is 7.11 Å². The minimum atomic E-state index is -0.500. The van der Waals surface area contributed by atoms with E-state index in [-0.39, 0.29) is 6.10 Å². The summed E-state index contributed by atoms with van der Waals surface area (Å²) in [7, 11) is 1.63. The zero-order valence-corrected chi connectivity index (χ0v) is 10.6. The van der Waals surface area contributed by atoms with Crippen molar-refractivity contribution in [2.45, 2.75) is 26.1 Å². The van der Waals surface area contributed by atoms with E-state index in [2.05, 4.69) is 5.32 Å². The molecule has 4 nitrogen and oxygen atoms in total. The van der Waals surface area contributed by atoms with Crippen LogP contribution in [0, 0.1) is 0 Å². The molecule has 0 aliphatic carbocycles. The number of nitrogens with one attached hydrogen (secondary N) is 1. The molecule has 0 fully saturated rings. The Morgan fingerprint density at radius 3 is 2.41 bits per heavy atom. The average Bonchev–Trinajstić information content (AvgIpc) is 2.34. The van der Waals surface area contributed by atoms with Gasteiger partial charge in [-0.05, 0) is 38.1 Å². The van der Waals surface area contributed by atoms with E-state index in [1.165, 1.54) is 0 Å². The molecule has 0 spiro atoms. The molecular weight excluding hydrogens is 218 g/mol. The molecule has 0 aliphatic rings. The summed E-state index contributed by atoms with van der Waals surface area (Å²) in [6, 6.07) is 7.57. The van der Waals surface area contributed by atoms with Crippen LogP contribution in [-0.4, -0.2) is 37.6 Å². The molecule has 17 heavy (non-hydrogen) atoms. The third-order valence-corrected chi connectivity index (χ3v) is 2.25. The number of anilines is 1. The van der Waals surface area contributed by atoms with E-state index in [4.69, 9.17) is 9.47 Å². The highest BCUT2D eigenvalue weighted by molar-refractivity contribution is 5.46. The van der Waals surface area contributed by atoms with Crippen LogP contribution in [0.25, 0.3) is 0 Å². The number of hydrogen-bond acceptors (Lipinski definition) is 4.